The summed E-state index contributed by atoms with van der Waals surface area (Å²) in [5.74, 6) is -0.221. The molecule has 0 bridgehead atoms. The number of rotatable bonds is 5. The van der Waals surface area contributed by atoms with E-state index in [1.165, 1.54) is 6.07 Å². The minimum absolute atomic E-state index is 0.154. The van der Waals surface area contributed by atoms with Crippen molar-refractivity contribution in [2.45, 2.75) is 46.2 Å². The van der Waals surface area contributed by atoms with Gasteiger partial charge in [0.05, 0.1) is 0 Å². The fraction of sp³-hybridized carbons (Fsp3) is 0.571. The van der Waals surface area contributed by atoms with Crippen LogP contribution in [-0.4, -0.2) is 12.6 Å². The second-order valence-electron chi connectivity index (χ2n) is 4.54. The Balaban J connectivity index is 3.18. The maximum atomic E-state index is 13.3. The van der Waals surface area contributed by atoms with Crippen molar-refractivity contribution in [1.82, 2.24) is 0 Å². The molecule has 0 fully saturated rings. The van der Waals surface area contributed by atoms with E-state index < -0.39 is 0 Å². The second kappa shape index (κ2) is 6.01. The van der Waals surface area contributed by atoms with Crippen LogP contribution >= 0.6 is 0 Å². The van der Waals surface area contributed by atoms with Crippen LogP contribution in [0.5, 0.6) is 0 Å². The molecule has 0 radical (unpaired) electrons. The fourth-order valence-electron chi connectivity index (χ4n) is 2.09. The molecule has 2 N–H and O–H groups in total. The van der Waals surface area contributed by atoms with Crippen LogP contribution in [0.4, 0.5) is 10.1 Å². The van der Waals surface area contributed by atoms with Crippen molar-refractivity contribution in [3.63, 3.8) is 0 Å². The van der Waals surface area contributed by atoms with E-state index in [1.807, 2.05) is 13.0 Å². The van der Waals surface area contributed by atoms with Gasteiger partial charge in [-0.2, -0.15) is 0 Å². The number of nitrogens with zero attached hydrogens (tertiary/aromatic N) is 1. The Morgan fingerprint density at radius 3 is 2.41 bits per heavy atom. The molecule has 1 rings (SSSR count). The highest BCUT2D eigenvalue weighted by Gasteiger charge is 2.17. The van der Waals surface area contributed by atoms with Gasteiger partial charge < -0.3 is 10.6 Å². The fourth-order valence-corrected chi connectivity index (χ4v) is 2.09. The van der Waals surface area contributed by atoms with Gasteiger partial charge in [-0.15, -0.1) is 0 Å². The number of anilines is 1. The van der Waals surface area contributed by atoms with Gasteiger partial charge in [-0.05, 0) is 51.0 Å². The SMILES string of the molecule is CCC(C)N(CC)c1ccc(F)cc1C(C)N. The number of halogens is 1. The van der Waals surface area contributed by atoms with E-state index in [4.69, 9.17) is 5.73 Å². The number of hydrogen-bond donors (Lipinski definition) is 1. The number of hydrogen-bond acceptors (Lipinski definition) is 2. The maximum absolute atomic E-state index is 13.3. The lowest BCUT2D eigenvalue weighted by molar-refractivity contribution is 0.608. The standard InChI is InChI=1S/C14H23FN2/c1-5-10(3)17(6-2)14-8-7-12(15)9-13(14)11(4)16/h7-11H,5-6,16H2,1-4H3. The lowest BCUT2D eigenvalue weighted by Gasteiger charge is -2.32. The first-order chi connectivity index (χ1) is 8.01. The molecule has 0 saturated heterocycles. The predicted molar refractivity (Wildman–Crippen MR) is 71.8 cm³/mol. The molecule has 0 saturated carbocycles. The van der Waals surface area contributed by atoms with Crippen LogP contribution in [0, 0.1) is 5.82 Å². The molecule has 0 spiro atoms. The summed E-state index contributed by atoms with van der Waals surface area (Å²) in [5.41, 5.74) is 7.86. The molecule has 96 valence electrons. The van der Waals surface area contributed by atoms with Crippen LogP contribution in [0.2, 0.25) is 0 Å². The quantitative estimate of drug-likeness (QED) is 0.851. The summed E-state index contributed by atoms with van der Waals surface area (Å²) >= 11 is 0. The third-order valence-electron chi connectivity index (χ3n) is 3.25. The minimum Gasteiger partial charge on any atom is -0.369 e. The zero-order valence-corrected chi connectivity index (χ0v) is 11.2. The lowest BCUT2D eigenvalue weighted by atomic mass is 10.0. The number of nitrogens with two attached hydrogens (primary N) is 1. The van der Waals surface area contributed by atoms with Crippen molar-refractivity contribution in [1.29, 1.82) is 0 Å². The van der Waals surface area contributed by atoms with Crippen molar-refractivity contribution >= 4 is 5.69 Å². The molecule has 2 unspecified atom stereocenters. The van der Waals surface area contributed by atoms with Crippen molar-refractivity contribution in [2.24, 2.45) is 5.73 Å². The summed E-state index contributed by atoms with van der Waals surface area (Å²) in [7, 11) is 0. The van der Waals surface area contributed by atoms with Gasteiger partial charge >= 0.3 is 0 Å². The monoisotopic (exact) mass is 238 g/mol. The highest BCUT2D eigenvalue weighted by molar-refractivity contribution is 5.55. The van der Waals surface area contributed by atoms with Gasteiger partial charge in [0.2, 0.25) is 0 Å². The van der Waals surface area contributed by atoms with E-state index >= 15 is 0 Å². The molecule has 1 aromatic rings. The summed E-state index contributed by atoms with van der Waals surface area (Å²) in [6, 6.07) is 5.17. The molecule has 0 aromatic heterocycles. The van der Waals surface area contributed by atoms with Crippen LogP contribution < -0.4 is 10.6 Å². The highest BCUT2D eigenvalue weighted by atomic mass is 19.1. The summed E-state index contributed by atoms with van der Waals surface area (Å²) in [6.45, 7) is 9.24. The van der Waals surface area contributed by atoms with Crippen LogP contribution in [0.25, 0.3) is 0 Å². The average molecular weight is 238 g/mol. The summed E-state index contributed by atoms with van der Waals surface area (Å²) in [4.78, 5) is 2.28. The first kappa shape index (κ1) is 14.0. The second-order valence-corrected chi connectivity index (χ2v) is 4.54. The van der Waals surface area contributed by atoms with E-state index in [2.05, 4.69) is 25.7 Å². The average Bonchev–Trinajstić information content (AvgIpc) is 2.31. The van der Waals surface area contributed by atoms with Gasteiger partial charge in [0.15, 0.2) is 0 Å². The van der Waals surface area contributed by atoms with Crippen molar-refractivity contribution in [3.8, 4) is 0 Å². The van der Waals surface area contributed by atoms with E-state index in [0.29, 0.717) is 6.04 Å². The Labute approximate surface area is 104 Å². The molecular weight excluding hydrogens is 215 g/mol. The van der Waals surface area contributed by atoms with Gasteiger partial charge in [-0.3, -0.25) is 0 Å². The Kier molecular flexibility index (Phi) is 4.94. The Hall–Kier alpha value is -1.09. The maximum Gasteiger partial charge on any atom is 0.123 e. The van der Waals surface area contributed by atoms with Crippen LogP contribution in [0.1, 0.15) is 45.7 Å². The van der Waals surface area contributed by atoms with Crippen molar-refractivity contribution < 1.29 is 4.39 Å². The van der Waals surface area contributed by atoms with E-state index in [0.717, 1.165) is 24.2 Å². The molecular formula is C14H23FN2. The zero-order valence-electron chi connectivity index (χ0n) is 11.2. The first-order valence-corrected chi connectivity index (χ1v) is 6.32. The number of benzene rings is 1. The highest BCUT2D eigenvalue weighted by Crippen LogP contribution is 2.28. The van der Waals surface area contributed by atoms with Gasteiger partial charge in [-0.1, -0.05) is 6.92 Å². The molecule has 17 heavy (non-hydrogen) atoms. The first-order valence-electron chi connectivity index (χ1n) is 6.32. The van der Waals surface area contributed by atoms with E-state index in [-0.39, 0.29) is 11.9 Å². The lowest BCUT2D eigenvalue weighted by Crippen LogP contribution is -2.33. The molecule has 2 atom stereocenters. The molecule has 0 heterocycles. The molecule has 3 heteroatoms. The largest absolute Gasteiger partial charge is 0.369 e. The molecule has 0 amide bonds. The Bertz CT molecular complexity index is 363. The van der Waals surface area contributed by atoms with Gasteiger partial charge in [0.25, 0.3) is 0 Å². The third kappa shape index (κ3) is 3.19. The van der Waals surface area contributed by atoms with E-state index in [1.54, 1.807) is 6.07 Å². The van der Waals surface area contributed by atoms with Gasteiger partial charge in [0, 0.05) is 24.3 Å². The third-order valence-corrected chi connectivity index (χ3v) is 3.25. The summed E-state index contributed by atoms with van der Waals surface area (Å²) in [5, 5.41) is 0. The molecule has 1 aromatic carbocycles. The molecule has 0 aliphatic rings. The minimum atomic E-state index is -0.221. The van der Waals surface area contributed by atoms with E-state index in [9.17, 15) is 4.39 Å². The van der Waals surface area contributed by atoms with Gasteiger partial charge in [0.1, 0.15) is 5.82 Å². The summed E-state index contributed by atoms with van der Waals surface area (Å²) in [6.07, 6.45) is 1.06. The topological polar surface area (TPSA) is 29.3 Å². The zero-order chi connectivity index (χ0) is 13.0. The van der Waals surface area contributed by atoms with Crippen LogP contribution in [0.15, 0.2) is 18.2 Å². The van der Waals surface area contributed by atoms with Crippen LogP contribution in [0.3, 0.4) is 0 Å². The summed E-state index contributed by atoms with van der Waals surface area (Å²) < 4.78 is 13.3. The van der Waals surface area contributed by atoms with Gasteiger partial charge in [-0.25, -0.2) is 4.39 Å². The van der Waals surface area contributed by atoms with Crippen LogP contribution in [-0.2, 0) is 0 Å². The molecule has 2 nitrogen and oxygen atoms in total. The molecule has 0 aliphatic carbocycles. The van der Waals surface area contributed by atoms with Crippen molar-refractivity contribution in [3.05, 3.63) is 29.6 Å². The Morgan fingerprint density at radius 2 is 1.94 bits per heavy atom. The predicted octanol–water partition coefficient (Wildman–Crippen LogP) is 3.47. The van der Waals surface area contributed by atoms with Crippen molar-refractivity contribution in [2.75, 3.05) is 11.4 Å². The molecule has 0 aliphatic heterocycles. The Morgan fingerprint density at radius 1 is 1.29 bits per heavy atom. The smallest absolute Gasteiger partial charge is 0.123 e. The normalized spacial score (nSPS) is 14.5.